The smallest absolute Gasteiger partial charge is 0.264 e. The van der Waals surface area contributed by atoms with Crippen LogP contribution < -0.4 is 10.5 Å². The lowest BCUT2D eigenvalue weighted by Crippen LogP contribution is -2.15. The van der Waals surface area contributed by atoms with Crippen molar-refractivity contribution < 1.29 is 12.8 Å². The second-order valence-corrected chi connectivity index (χ2v) is 6.47. The lowest BCUT2D eigenvalue weighted by atomic mass is 10.3. The molecule has 8 heteroatoms. The van der Waals surface area contributed by atoms with Gasteiger partial charge in [0.05, 0.1) is 11.4 Å². The lowest BCUT2D eigenvalue weighted by Gasteiger charge is -2.11. The molecule has 0 saturated heterocycles. The molecule has 3 N–H and O–H groups in total. The molecule has 0 radical (unpaired) electrons. The fourth-order valence-electron chi connectivity index (χ4n) is 1.56. The molecule has 0 unspecified atom stereocenters. The SMILES string of the molecule is Nc1ccc(F)cc1S(=O)(=O)Nc1cc(Cl)cc(Cl)c1. The van der Waals surface area contributed by atoms with Crippen LogP contribution in [0, 0.1) is 5.82 Å². The van der Waals surface area contributed by atoms with Crippen LogP contribution in [0.4, 0.5) is 15.8 Å². The van der Waals surface area contributed by atoms with E-state index < -0.39 is 15.8 Å². The Labute approximate surface area is 125 Å². The minimum Gasteiger partial charge on any atom is -0.398 e. The first kappa shape index (κ1) is 14.9. The van der Waals surface area contributed by atoms with Crippen LogP contribution in [0.1, 0.15) is 0 Å². The Morgan fingerprint density at radius 3 is 2.25 bits per heavy atom. The quantitative estimate of drug-likeness (QED) is 0.843. The molecule has 106 valence electrons. The maximum Gasteiger partial charge on any atom is 0.264 e. The second kappa shape index (κ2) is 5.47. The summed E-state index contributed by atoms with van der Waals surface area (Å²) in [6, 6.07) is 7.29. The molecular weight excluding hydrogens is 326 g/mol. The third-order valence-electron chi connectivity index (χ3n) is 2.38. The maximum atomic E-state index is 13.2. The summed E-state index contributed by atoms with van der Waals surface area (Å²) in [5, 5.41) is 0.532. The van der Waals surface area contributed by atoms with Gasteiger partial charge in [0, 0.05) is 10.0 Å². The molecule has 0 bridgehead atoms. The van der Waals surface area contributed by atoms with Gasteiger partial charge in [0.15, 0.2) is 0 Å². The minimum absolute atomic E-state index is 0.0629. The highest BCUT2D eigenvalue weighted by atomic mass is 35.5. The van der Waals surface area contributed by atoms with Crippen LogP contribution in [0.2, 0.25) is 10.0 Å². The monoisotopic (exact) mass is 334 g/mol. The van der Waals surface area contributed by atoms with Crippen molar-refractivity contribution in [3.05, 3.63) is 52.3 Å². The van der Waals surface area contributed by atoms with Gasteiger partial charge in [0.2, 0.25) is 0 Å². The summed E-state index contributed by atoms with van der Waals surface area (Å²) in [6.07, 6.45) is 0. The van der Waals surface area contributed by atoms with E-state index in [9.17, 15) is 12.8 Å². The maximum absolute atomic E-state index is 13.2. The fraction of sp³-hybridized carbons (Fsp3) is 0. The summed E-state index contributed by atoms with van der Waals surface area (Å²) >= 11 is 11.6. The molecule has 0 aliphatic heterocycles. The first-order valence-corrected chi connectivity index (χ1v) is 7.56. The Balaban J connectivity index is 2.43. The van der Waals surface area contributed by atoms with Crippen LogP contribution in [0.5, 0.6) is 0 Å². The minimum atomic E-state index is -4.03. The van der Waals surface area contributed by atoms with Crippen molar-refractivity contribution in [2.75, 3.05) is 10.5 Å². The number of hydrogen-bond acceptors (Lipinski definition) is 3. The molecule has 0 amide bonds. The number of anilines is 2. The molecule has 0 aliphatic carbocycles. The average molecular weight is 335 g/mol. The Hall–Kier alpha value is -1.50. The first-order chi connectivity index (χ1) is 9.28. The van der Waals surface area contributed by atoms with E-state index in [0.29, 0.717) is 0 Å². The van der Waals surface area contributed by atoms with Gasteiger partial charge in [0.1, 0.15) is 10.7 Å². The van der Waals surface area contributed by atoms with Gasteiger partial charge in [-0.1, -0.05) is 23.2 Å². The number of sulfonamides is 1. The van der Waals surface area contributed by atoms with Crippen molar-refractivity contribution in [3.63, 3.8) is 0 Å². The zero-order valence-electron chi connectivity index (χ0n) is 9.90. The van der Waals surface area contributed by atoms with E-state index in [-0.39, 0.29) is 26.3 Å². The van der Waals surface area contributed by atoms with Gasteiger partial charge in [-0.15, -0.1) is 0 Å². The van der Waals surface area contributed by atoms with E-state index in [1.165, 1.54) is 24.3 Å². The summed E-state index contributed by atoms with van der Waals surface area (Å²) in [7, 11) is -4.03. The molecule has 2 rings (SSSR count). The van der Waals surface area contributed by atoms with Gasteiger partial charge in [0.25, 0.3) is 10.0 Å². The predicted molar refractivity (Wildman–Crippen MR) is 78.1 cm³/mol. The van der Waals surface area contributed by atoms with Crippen LogP contribution >= 0.6 is 23.2 Å². The lowest BCUT2D eigenvalue weighted by molar-refractivity contribution is 0.596. The number of nitrogens with two attached hydrogens (primary N) is 1. The van der Waals surface area contributed by atoms with Crippen LogP contribution in [-0.4, -0.2) is 8.42 Å². The van der Waals surface area contributed by atoms with E-state index in [1.54, 1.807) is 0 Å². The largest absolute Gasteiger partial charge is 0.398 e. The topological polar surface area (TPSA) is 72.2 Å². The third kappa shape index (κ3) is 3.33. The average Bonchev–Trinajstić information content (AvgIpc) is 2.30. The Kier molecular flexibility index (Phi) is 4.08. The van der Waals surface area contributed by atoms with Crippen molar-refractivity contribution >= 4 is 44.6 Å². The van der Waals surface area contributed by atoms with Crippen LogP contribution in [0.3, 0.4) is 0 Å². The third-order valence-corrected chi connectivity index (χ3v) is 4.25. The van der Waals surface area contributed by atoms with Crippen molar-refractivity contribution in [2.45, 2.75) is 4.90 Å². The van der Waals surface area contributed by atoms with Gasteiger partial charge in [-0.3, -0.25) is 4.72 Å². The molecule has 0 aliphatic rings. The summed E-state index contributed by atoms with van der Waals surface area (Å²) in [5.74, 6) is -0.705. The predicted octanol–water partition coefficient (Wildman–Crippen LogP) is 3.52. The Morgan fingerprint density at radius 1 is 1.05 bits per heavy atom. The van der Waals surface area contributed by atoms with Crippen LogP contribution in [-0.2, 0) is 10.0 Å². The molecule has 0 spiro atoms. The van der Waals surface area contributed by atoms with Crippen LogP contribution in [0.15, 0.2) is 41.3 Å². The van der Waals surface area contributed by atoms with Crippen molar-refractivity contribution in [3.8, 4) is 0 Å². The van der Waals surface area contributed by atoms with Gasteiger partial charge in [-0.25, -0.2) is 12.8 Å². The molecule has 2 aromatic carbocycles. The summed E-state index contributed by atoms with van der Waals surface area (Å²) in [5.41, 5.74) is 5.65. The number of nitrogen functional groups attached to an aromatic ring is 1. The number of benzene rings is 2. The molecule has 0 fully saturated rings. The van der Waals surface area contributed by atoms with Crippen molar-refractivity contribution in [2.24, 2.45) is 0 Å². The highest BCUT2D eigenvalue weighted by Crippen LogP contribution is 2.26. The number of rotatable bonds is 3. The molecule has 0 atom stereocenters. The Bertz CT molecular complexity index is 746. The van der Waals surface area contributed by atoms with Crippen molar-refractivity contribution in [1.82, 2.24) is 0 Å². The van der Waals surface area contributed by atoms with Crippen LogP contribution in [0.25, 0.3) is 0 Å². The molecular formula is C12H9Cl2FN2O2S. The summed E-state index contributed by atoms with van der Waals surface area (Å²) in [6.45, 7) is 0. The summed E-state index contributed by atoms with van der Waals surface area (Å²) in [4.78, 5) is -0.353. The highest BCUT2D eigenvalue weighted by Gasteiger charge is 2.18. The molecule has 4 nitrogen and oxygen atoms in total. The zero-order chi connectivity index (χ0) is 14.9. The number of halogens is 3. The van der Waals surface area contributed by atoms with E-state index in [1.807, 2.05) is 0 Å². The Morgan fingerprint density at radius 2 is 1.65 bits per heavy atom. The molecule has 0 saturated carbocycles. The highest BCUT2D eigenvalue weighted by molar-refractivity contribution is 7.92. The normalized spacial score (nSPS) is 11.3. The fourth-order valence-corrected chi connectivity index (χ4v) is 3.27. The van der Waals surface area contributed by atoms with Gasteiger partial charge in [-0.05, 0) is 36.4 Å². The van der Waals surface area contributed by atoms with Crippen molar-refractivity contribution in [1.29, 1.82) is 0 Å². The number of nitrogens with one attached hydrogen (secondary N) is 1. The molecule has 0 heterocycles. The van der Waals surface area contributed by atoms with E-state index in [4.69, 9.17) is 28.9 Å². The molecule has 2 aromatic rings. The van der Waals surface area contributed by atoms with E-state index in [0.717, 1.165) is 12.1 Å². The van der Waals surface area contributed by atoms with Gasteiger partial charge < -0.3 is 5.73 Å². The standard InChI is InChI=1S/C12H9Cl2FN2O2S/c13-7-3-8(14)5-10(4-7)17-20(18,19)12-6-9(15)1-2-11(12)16/h1-6,17H,16H2. The first-order valence-electron chi connectivity index (χ1n) is 5.32. The number of hydrogen-bond donors (Lipinski definition) is 2. The van der Waals surface area contributed by atoms with E-state index >= 15 is 0 Å². The molecule has 0 aromatic heterocycles. The molecule has 20 heavy (non-hydrogen) atoms. The zero-order valence-corrected chi connectivity index (χ0v) is 12.2. The van der Waals surface area contributed by atoms with Gasteiger partial charge in [-0.2, -0.15) is 0 Å². The van der Waals surface area contributed by atoms with Gasteiger partial charge >= 0.3 is 0 Å². The van der Waals surface area contributed by atoms with E-state index in [2.05, 4.69) is 4.72 Å². The second-order valence-electron chi connectivity index (χ2n) is 3.95. The summed E-state index contributed by atoms with van der Waals surface area (Å²) < 4.78 is 39.7.